The number of hydrogen-bond acceptors (Lipinski definition) is 1. The van der Waals surface area contributed by atoms with Crippen molar-refractivity contribution < 1.29 is 0 Å². The largest absolute Gasteiger partial charge is 0.301 e. The smallest absolute Gasteiger partial charge is 0.0273 e. The zero-order chi connectivity index (χ0) is 7.82. The average molecular weight is 139 g/mol. The van der Waals surface area contributed by atoms with Crippen LogP contribution in [0.5, 0.6) is 0 Å². The molecule has 0 saturated carbocycles. The van der Waals surface area contributed by atoms with E-state index in [4.69, 9.17) is 0 Å². The Morgan fingerprint density at radius 3 is 2.70 bits per heavy atom. The first-order chi connectivity index (χ1) is 4.81. The lowest BCUT2D eigenvalue weighted by atomic mass is 10.1. The second-order valence-corrected chi connectivity index (χ2v) is 2.44. The first-order valence-electron chi connectivity index (χ1n) is 3.87. The Balaban J connectivity index is 3.38. The van der Waals surface area contributed by atoms with Gasteiger partial charge in [0.2, 0.25) is 0 Å². The van der Waals surface area contributed by atoms with Gasteiger partial charge in [0.05, 0.1) is 0 Å². The van der Waals surface area contributed by atoms with Crippen LogP contribution in [0.2, 0.25) is 0 Å². The lowest BCUT2D eigenvalue weighted by Gasteiger charge is -1.94. The van der Waals surface area contributed by atoms with Crippen LogP contribution in [0.25, 0.3) is 0 Å². The van der Waals surface area contributed by atoms with Crippen molar-refractivity contribution in [2.24, 2.45) is 4.99 Å². The van der Waals surface area contributed by atoms with Crippen molar-refractivity contribution in [1.29, 1.82) is 0 Å². The molecule has 0 saturated heterocycles. The van der Waals surface area contributed by atoms with Gasteiger partial charge in [-0.25, -0.2) is 0 Å². The zero-order valence-corrected chi connectivity index (χ0v) is 7.22. The molecular weight excluding hydrogens is 122 g/mol. The number of rotatable bonds is 4. The van der Waals surface area contributed by atoms with E-state index in [1.54, 1.807) is 0 Å². The van der Waals surface area contributed by atoms with Crippen LogP contribution in [0.4, 0.5) is 0 Å². The highest BCUT2D eigenvalue weighted by Crippen LogP contribution is 2.02. The Hall–Kier alpha value is -0.590. The highest BCUT2D eigenvalue weighted by Gasteiger charge is 1.85. The summed E-state index contributed by atoms with van der Waals surface area (Å²) < 4.78 is 0. The first kappa shape index (κ1) is 9.41. The molecule has 0 aliphatic carbocycles. The van der Waals surface area contributed by atoms with Gasteiger partial charge in [0.1, 0.15) is 0 Å². The Labute approximate surface area is 63.9 Å². The van der Waals surface area contributed by atoms with Gasteiger partial charge in [0.15, 0.2) is 0 Å². The Kier molecular flexibility index (Phi) is 6.14. The maximum Gasteiger partial charge on any atom is 0.0273 e. The van der Waals surface area contributed by atoms with Crippen LogP contribution in [0, 0.1) is 0 Å². The topological polar surface area (TPSA) is 12.4 Å². The minimum Gasteiger partial charge on any atom is -0.301 e. The molecule has 0 rings (SSSR count). The fourth-order valence-electron chi connectivity index (χ4n) is 0.872. The van der Waals surface area contributed by atoms with Gasteiger partial charge in [-0.2, -0.15) is 0 Å². The molecule has 0 aromatic carbocycles. The quantitative estimate of drug-likeness (QED) is 0.419. The van der Waals surface area contributed by atoms with E-state index in [9.17, 15) is 0 Å². The lowest BCUT2D eigenvalue weighted by molar-refractivity contribution is 1.000. The zero-order valence-electron chi connectivity index (χ0n) is 7.22. The van der Waals surface area contributed by atoms with E-state index in [1.807, 2.05) is 13.3 Å². The molecule has 0 spiro atoms. The predicted molar refractivity (Wildman–Crippen MR) is 47.7 cm³/mol. The molecule has 1 nitrogen and oxygen atoms in total. The number of nitrogens with zero attached hydrogens (tertiary/aromatic N) is 1. The van der Waals surface area contributed by atoms with Crippen molar-refractivity contribution in [3.05, 3.63) is 11.6 Å². The molecule has 0 unspecified atom stereocenters. The Bertz CT molecular complexity index is 123. The van der Waals surface area contributed by atoms with Gasteiger partial charge in [0.25, 0.3) is 0 Å². The van der Waals surface area contributed by atoms with Crippen molar-refractivity contribution >= 4 is 6.21 Å². The van der Waals surface area contributed by atoms with Crippen molar-refractivity contribution in [3.8, 4) is 0 Å². The molecule has 0 fully saturated rings. The summed E-state index contributed by atoms with van der Waals surface area (Å²) in [6.07, 6.45) is 7.62. The fraction of sp³-hybridized carbons (Fsp3) is 0.667. The third kappa shape index (κ3) is 5.54. The van der Waals surface area contributed by atoms with Gasteiger partial charge in [-0.15, -0.1) is 0 Å². The summed E-state index contributed by atoms with van der Waals surface area (Å²) in [6, 6.07) is 0. The van der Waals surface area contributed by atoms with Crippen LogP contribution in [-0.2, 0) is 0 Å². The summed E-state index contributed by atoms with van der Waals surface area (Å²) in [7, 11) is 1.82. The van der Waals surface area contributed by atoms with E-state index < -0.39 is 0 Å². The number of allylic oxidation sites excluding steroid dienone is 2. The molecule has 1 heteroatoms. The van der Waals surface area contributed by atoms with Crippen molar-refractivity contribution in [2.45, 2.75) is 33.1 Å². The fourth-order valence-corrected chi connectivity index (χ4v) is 0.872. The summed E-state index contributed by atoms with van der Waals surface area (Å²) in [5.74, 6) is 0. The molecule has 0 aliphatic heterocycles. The monoisotopic (exact) mass is 139 g/mol. The lowest BCUT2D eigenvalue weighted by Crippen LogP contribution is -1.79. The van der Waals surface area contributed by atoms with E-state index in [0.29, 0.717) is 0 Å². The summed E-state index contributed by atoms with van der Waals surface area (Å²) in [6.45, 7) is 4.34. The molecule has 58 valence electrons. The molecule has 0 aliphatic rings. The second-order valence-electron chi connectivity index (χ2n) is 2.44. The van der Waals surface area contributed by atoms with E-state index in [1.165, 1.54) is 5.57 Å². The van der Waals surface area contributed by atoms with Crippen LogP contribution in [0.1, 0.15) is 33.1 Å². The Morgan fingerprint density at radius 2 is 2.20 bits per heavy atom. The van der Waals surface area contributed by atoms with Gasteiger partial charge < -0.3 is 4.99 Å². The molecule has 0 aromatic heterocycles. The SMILES string of the molecule is CC/C=C(/C)CC/C=N/C. The third-order valence-electron chi connectivity index (χ3n) is 1.40. The normalized spacial score (nSPS) is 12.9. The second kappa shape index (κ2) is 6.53. The van der Waals surface area contributed by atoms with Crippen LogP contribution < -0.4 is 0 Å². The highest BCUT2D eigenvalue weighted by atomic mass is 14.6. The average Bonchev–Trinajstić information content (AvgIpc) is 1.89. The van der Waals surface area contributed by atoms with E-state index in [0.717, 1.165) is 19.3 Å². The van der Waals surface area contributed by atoms with Crippen molar-refractivity contribution in [3.63, 3.8) is 0 Å². The van der Waals surface area contributed by atoms with E-state index in [-0.39, 0.29) is 0 Å². The summed E-state index contributed by atoms with van der Waals surface area (Å²) >= 11 is 0. The molecule has 0 bridgehead atoms. The molecule has 0 aromatic rings. The van der Waals surface area contributed by atoms with E-state index >= 15 is 0 Å². The first-order valence-corrected chi connectivity index (χ1v) is 3.87. The van der Waals surface area contributed by atoms with Gasteiger partial charge in [-0.05, 0) is 32.4 Å². The summed E-state index contributed by atoms with van der Waals surface area (Å²) in [4.78, 5) is 3.92. The molecular formula is C9H17N. The highest BCUT2D eigenvalue weighted by molar-refractivity contribution is 5.57. The summed E-state index contributed by atoms with van der Waals surface area (Å²) in [5.41, 5.74) is 1.47. The predicted octanol–water partition coefficient (Wildman–Crippen LogP) is 2.82. The maximum atomic E-state index is 3.92. The molecule has 10 heavy (non-hydrogen) atoms. The van der Waals surface area contributed by atoms with E-state index in [2.05, 4.69) is 24.9 Å². The van der Waals surface area contributed by atoms with Crippen LogP contribution in [0.3, 0.4) is 0 Å². The molecule has 0 radical (unpaired) electrons. The van der Waals surface area contributed by atoms with Crippen molar-refractivity contribution in [1.82, 2.24) is 0 Å². The minimum absolute atomic E-state index is 1.08. The minimum atomic E-state index is 1.08. The standard InChI is InChI=1S/C9H17N/c1-4-6-9(2)7-5-8-10-3/h6,8H,4-5,7H2,1-3H3/b9-6-,10-8+. The third-order valence-corrected chi connectivity index (χ3v) is 1.40. The molecule has 0 amide bonds. The molecule has 0 heterocycles. The molecule has 0 atom stereocenters. The van der Waals surface area contributed by atoms with Gasteiger partial charge in [-0.1, -0.05) is 18.6 Å². The molecule has 0 N–H and O–H groups in total. The van der Waals surface area contributed by atoms with Crippen LogP contribution >= 0.6 is 0 Å². The van der Waals surface area contributed by atoms with Gasteiger partial charge in [-0.3, -0.25) is 0 Å². The van der Waals surface area contributed by atoms with Crippen LogP contribution in [0.15, 0.2) is 16.6 Å². The number of aliphatic imine (C=N–C) groups is 1. The van der Waals surface area contributed by atoms with Crippen LogP contribution in [-0.4, -0.2) is 13.3 Å². The summed E-state index contributed by atoms with van der Waals surface area (Å²) in [5, 5.41) is 0. The Morgan fingerprint density at radius 1 is 1.50 bits per heavy atom. The van der Waals surface area contributed by atoms with Gasteiger partial charge in [0, 0.05) is 7.05 Å². The van der Waals surface area contributed by atoms with Gasteiger partial charge >= 0.3 is 0 Å². The maximum absolute atomic E-state index is 3.92. The number of hydrogen-bond donors (Lipinski definition) is 0. The van der Waals surface area contributed by atoms with Crippen molar-refractivity contribution in [2.75, 3.05) is 7.05 Å².